The van der Waals surface area contributed by atoms with Crippen LogP contribution in [0, 0.1) is 5.92 Å². The van der Waals surface area contributed by atoms with Gasteiger partial charge in [0.25, 0.3) is 0 Å². The molecule has 2 N–H and O–H groups in total. The minimum atomic E-state index is -0.239. The van der Waals surface area contributed by atoms with Gasteiger partial charge in [-0.25, -0.2) is 0 Å². The minimum absolute atomic E-state index is 0.218. The topological polar surface area (TPSA) is 50.7 Å². The maximum Gasteiger partial charge on any atom is 0.161 e. The van der Waals surface area contributed by atoms with E-state index in [1.165, 1.54) is 18.4 Å². The standard InChI is InChI=1S/C18H29NO3/c1-4-15(19-12-16(20)13-7-5-6-8-13)14-9-10-17(21-2)18(11-14)22-3/h9-11,13,15-16,19-20H,4-8,12H2,1-3H3. The quantitative estimate of drug-likeness (QED) is 0.774. The largest absolute Gasteiger partial charge is 0.493 e. The zero-order valence-electron chi connectivity index (χ0n) is 14.0. The number of nitrogens with one attached hydrogen (secondary N) is 1. The van der Waals surface area contributed by atoms with Gasteiger partial charge in [-0.05, 0) is 42.9 Å². The predicted molar refractivity (Wildman–Crippen MR) is 88.5 cm³/mol. The molecule has 2 rings (SSSR count). The van der Waals surface area contributed by atoms with Crippen LogP contribution in [-0.4, -0.2) is 32.0 Å². The van der Waals surface area contributed by atoms with Crippen molar-refractivity contribution in [3.8, 4) is 11.5 Å². The normalized spacial score (nSPS) is 18.2. The number of aliphatic hydroxyl groups is 1. The highest BCUT2D eigenvalue weighted by atomic mass is 16.5. The fraction of sp³-hybridized carbons (Fsp3) is 0.667. The van der Waals surface area contributed by atoms with Crippen LogP contribution in [0.2, 0.25) is 0 Å². The van der Waals surface area contributed by atoms with E-state index in [2.05, 4.69) is 18.3 Å². The van der Waals surface area contributed by atoms with Crippen LogP contribution >= 0.6 is 0 Å². The number of hydrogen-bond acceptors (Lipinski definition) is 4. The number of aliphatic hydroxyl groups excluding tert-OH is 1. The summed E-state index contributed by atoms with van der Waals surface area (Å²) in [5.74, 6) is 1.96. The summed E-state index contributed by atoms with van der Waals surface area (Å²) in [6.07, 6.45) is 5.57. The Balaban J connectivity index is 1.98. The molecular weight excluding hydrogens is 278 g/mol. The molecule has 0 spiro atoms. The molecule has 1 aliphatic rings. The first-order valence-electron chi connectivity index (χ1n) is 8.33. The van der Waals surface area contributed by atoms with Gasteiger partial charge in [-0.15, -0.1) is 0 Å². The average Bonchev–Trinajstić information content (AvgIpc) is 3.09. The molecule has 0 amide bonds. The summed E-state index contributed by atoms with van der Waals surface area (Å²) in [4.78, 5) is 0. The summed E-state index contributed by atoms with van der Waals surface area (Å²) < 4.78 is 10.7. The molecule has 124 valence electrons. The summed E-state index contributed by atoms with van der Waals surface area (Å²) in [5, 5.41) is 13.8. The molecule has 1 aliphatic carbocycles. The Hall–Kier alpha value is -1.26. The van der Waals surface area contributed by atoms with Crippen LogP contribution in [0.4, 0.5) is 0 Å². The van der Waals surface area contributed by atoms with Crippen molar-refractivity contribution in [3.05, 3.63) is 23.8 Å². The van der Waals surface area contributed by atoms with Crippen molar-refractivity contribution in [3.63, 3.8) is 0 Å². The molecule has 0 aliphatic heterocycles. The fourth-order valence-electron chi connectivity index (χ4n) is 3.34. The molecule has 1 aromatic rings. The van der Waals surface area contributed by atoms with Gasteiger partial charge >= 0.3 is 0 Å². The Morgan fingerprint density at radius 2 is 1.86 bits per heavy atom. The molecule has 22 heavy (non-hydrogen) atoms. The molecule has 0 bridgehead atoms. The lowest BCUT2D eigenvalue weighted by Gasteiger charge is -2.23. The zero-order chi connectivity index (χ0) is 15.9. The summed E-state index contributed by atoms with van der Waals surface area (Å²) in [7, 11) is 3.30. The Morgan fingerprint density at radius 3 is 2.45 bits per heavy atom. The van der Waals surface area contributed by atoms with Crippen LogP contribution in [0.5, 0.6) is 11.5 Å². The van der Waals surface area contributed by atoms with Crippen molar-refractivity contribution < 1.29 is 14.6 Å². The lowest BCUT2D eigenvalue weighted by Crippen LogP contribution is -2.34. The van der Waals surface area contributed by atoms with E-state index in [1.807, 2.05) is 12.1 Å². The number of benzene rings is 1. The van der Waals surface area contributed by atoms with E-state index in [4.69, 9.17) is 9.47 Å². The van der Waals surface area contributed by atoms with E-state index in [0.717, 1.165) is 30.8 Å². The van der Waals surface area contributed by atoms with Gasteiger partial charge < -0.3 is 19.9 Å². The summed E-state index contributed by atoms with van der Waals surface area (Å²) >= 11 is 0. The molecule has 0 aromatic heterocycles. The zero-order valence-corrected chi connectivity index (χ0v) is 14.0. The van der Waals surface area contributed by atoms with Crippen molar-refractivity contribution in [2.24, 2.45) is 5.92 Å². The van der Waals surface area contributed by atoms with Gasteiger partial charge in [0, 0.05) is 12.6 Å². The van der Waals surface area contributed by atoms with E-state index in [1.54, 1.807) is 14.2 Å². The molecule has 1 saturated carbocycles. The molecule has 2 atom stereocenters. The van der Waals surface area contributed by atoms with E-state index in [-0.39, 0.29) is 12.1 Å². The molecule has 4 heteroatoms. The molecular formula is C18H29NO3. The molecule has 0 radical (unpaired) electrons. The SMILES string of the molecule is CCC(NCC(O)C1CCCC1)c1ccc(OC)c(OC)c1. The van der Waals surface area contributed by atoms with Crippen LogP contribution in [0.25, 0.3) is 0 Å². The number of methoxy groups -OCH3 is 2. The van der Waals surface area contributed by atoms with Gasteiger partial charge in [0.15, 0.2) is 11.5 Å². The van der Waals surface area contributed by atoms with E-state index >= 15 is 0 Å². The Bertz CT molecular complexity index is 458. The second-order valence-corrected chi connectivity index (χ2v) is 6.10. The van der Waals surface area contributed by atoms with Crippen LogP contribution in [0.1, 0.15) is 50.6 Å². The second-order valence-electron chi connectivity index (χ2n) is 6.10. The van der Waals surface area contributed by atoms with Gasteiger partial charge in [-0.2, -0.15) is 0 Å². The predicted octanol–water partition coefficient (Wildman–Crippen LogP) is 3.30. The molecule has 0 saturated heterocycles. The first-order valence-corrected chi connectivity index (χ1v) is 8.33. The maximum atomic E-state index is 10.3. The van der Waals surface area contributed by atoms with Gasteiger partial charge in [-0.3, -0.25) is 0 Å². The second kappa shape index (κ2) is 8.39. The number of hydrogen-bond donors (Lipinski definition) is 2. The van der Waals surface area contributed by atoms with Crippen LogP contribution < -0.4 is 14.8 Å². The summed E-state index contributed by atoms with van der Waals surface area (Å²) in [5.41, 5.74) is 1.17. The van der Waals surface area contributed by atoms with Crippen molar-refractivity contribution in [1.29, 1.82) is 0 Å². The monoisotopic (exact) mass is 307 g/mol. The van der Waals surface area contributed by atoms with E-state index < -0.39 is 0 Å². The maximum absolute atomic E-state index is 10.3. The van der Waals surface area contributed by atoms with Crippen LogP contribution in [0.3, 0.4) is 0 Å². The van der Waals surface area contributed by atoms with Crippen LogP contribution in [-0.2, 0) is 0 Å². The minimum Gasteiger partial charge on any atom is -0.493 e. The van der Waals surface area contributed by atoms with Crippen molar-refractivity contribution in [2.45, 2.75) is 51.2 Å². The molecule has 0 heterocycles. The Morgan fingerprint density at radius 1 is 1.18 bits per heavy atom. The summed E-state index contributed by atoms with van der Waals surface area (Å²) in [6.45, 7) is 2.80. The van der Waals surface area contributed by atoms with Crippen molar-refractivity contribution in [2.75, 3.05) is 20.8 Å². The lowest BCUT2D eigenvalue weighted by molar-refractivity contribution is 0.106. The Kier molecular flexibility index (Phi) is 6.52. The number of ether oxygens (including phenoxy) is 2. The van der Waals surface area contributed by atoms with E-state index in [9.17, 15) is 5.11 Å². The fourth-order valence-corrected chi connectivity index (χ4v) is 3.34. The molecule has 1 fully saturated rings. The van der Waals surface area contributed by atoms with Crippen LogP contribution in [0.15, 0.2) is 18.2 Å². The highest BCUT2D eigenvalue weighted by Gasteiger charge is 2.23. The molecule has 2 unspecified atom stereocenters. The van der Waals surface area contributed by atoms with Gasteiger partial charge in [0.1, 0.15) is 0 Å². The van der Waals surface area contributed by atoms with Crippen molar-refractivity contribution in [1.82, 2.24) is 5.32 Å². The number of rotatable bonds is 8. The third-order valence-corrected chi connectivity index (χ3v) is 4.74. The Labute approximate surface area is 133 Å². The highest BCUT2D eigenvalue weighted by molar-refractivity contribution is 5.43. The van der Waals surface area contributed by atoms with Gasteiger partial charge in [0.2, 0.25) is 0 Å². The highest BCUT2D eigenvalue weighted by Crippen LogP contribution is 2.31. The third kappa shape index (κ3) is 4.14. The first-order chi connectivity index (χ1) is 10.7. The molecule has 4 nitrogen and oxygen atoms in total. The average molecular weight is 307 g/mol. The molecule has 1 aromatic carbocycles. The third-order valence-electron chi connectivity index (χ3n) is 4.74. The van der Waals surface area contributed by atoms with E-state index in [0.29, 0.717) is 12.5 Å². The summed E-state index contributed by atoms with van der Waals surface area (Å²) in [6, 6.07) is 6.23. The lowest BCUT2D eigenvalue weighted by atomic mass is 9.99. The van der Waals surface area contributed by atoms with Gasteiger partial charge in [-0.1, -0.05) is 25.8 Å². The first kappa shape index (κ1) is 17.1. The smallest absolute Gasteiger partial charge is 0.161 e. The van der Waals surface area contributed by atoms with Gasteiger partial charge in [0.05, 0.1) is 20.3 Å². The van der Waals surface area contributed by atoms with Crippen molar-refractivity contribution >= 4 is 0 Å².